The van der Waals surface area contributed by atoms with Crippen molar-refractivity contribution in [2.45, 2.75) is 6.42 Å². The van der Waals surface area contributed by atoms with Gasteiger partial charge in [0.1, 0.15) is 0 Å². The van der Waals surface area contributed by atoms with Crippen LogP contribution in [0.3, 0.4) is 0 Å². The number of amides is 3. The molecule has 6 heteroatoms. The second-order valence-electron chi connectivity index (χ2n) is 5.98. The Morgan fingerprint density at radius 2 is 1.41 bits per heavy atom. The van der Waals surface area contributed by atoms with Crippen LogP contribution in [0.15, 0.2) is 79.5 Å². The minimum atomic E-state index is -0.350. The third kappa shape index (κ3) is 4.85. The monoisotopic (exact) mass is 360 g/mol. The molecule has 0 saturated heterocycles. The van der Waals surface area contributed by atoms with E-state index in [1.165, 1.54) is 6.08 Å². The molecule has 0 spiro atoms. The number of urea groups is 1. The lowest BCUT2D eigenvalue weighted by molar-refractivity contribution is -0.111. The molecule has 0 aliphatic carbocycles. The van der Waals surface area contributed by atoms with Crippen molar-refractivity contribution in [3.05, 3.63) is 85.1 Å². The maximum Gasteiger partial charge on any atom is 0.323 e. The Labute approximate surface area is 157 Å². The van der Waals surface area contributed by atoms with Crippen LogP contribution in [0.4, 0.5) is 21.9 Å². The van der Waals surface area contributed by atoms with Gasteiger partial charge in [-0.2, -0.15) is 0 Å². The van der Waals surface area contributed by atoms with Crippen molar-refractivity contribution in [3.8, 4) is 0 Å². The Balaban J connectivity index is 1.55. The molecule has 0 saturated carbocycles. The van der Waals surface area contributed by atoms with Gasteiger partial charge in [0.25, 0.3) is 0 Å². The molecule has 136 valence electrons. The fraction of sp³-hybridized carbons (Fsp3) is 0.0476. The van der Waals surface area contributed by atoms with E-state index >= 15 is 0 Å². The van der Waals surface area contributed by atoms with E-state index in [9.17, 15) is 9.59 Å². The fourth-order valence-electron chi connectivity index (χ4n) is 2.56. The molecule has 0 fully saturated rings. The summed E-state index contributed by atoms with van der Waals surface area (Å²) in [7, 11) is 0. The van der Waals surface area contributed by atoms with Gasteiger partial charge in [-0.15, -0.1) is 0 Å². The van der Waals surface area contributed by atoms with Gasteiger partial charge in [-0.05, 0) is 48.0 Å². The predicted molar refractivity (Wildman–Crippen MR) is 109 cm³/mol. The van der Waals surface area contributed by atoms with Crippen molar-refractivity contribution in [2.24, 2.45) is 0 Å². The van der Waals surface area contributed by atoms with Crippen LogP contribution in [0, 0.1) is 0 Å². The highest BCUT2D eigenvalue weighted by Crippen LogP contribution is 2.22. The standard InChI is InChI=1S/C21H20N4O2/c1-3-20(26)23-16-9-11-18(12-10-16)25-21(27)24-17-7-5-15(6-8-17)19-13-4-14(2)22-19/h3,5-13,22H,1-2,4H2,(H,23,26)(H2,24,25,27). The van der Waals surface area contributed by atoms with Crippen molar-refractivity contribution < 1.29 is 9.59 Å². The van der Waals surface area contributed by atoms with Gasteiger partial charge in [-0.25, -0.2) is 4.79 Å². The zero-order chi connectivity index (χ0) is 19.2. The molecule has 3 rings (SSSR count). The molecule has 1 heterocycles. The molecule has 0 bridgehead atoms. The van der Waals surface area contributed by atoms with Gasteiger partial charge in [0.2, 0.25) is 5.91 Å². The number of carbonyl (C=O) groups is 2. The Hall–Kier alpha value is -3.80. The second-order valence-corrected chi connectivity index (χ2v) is 5.98. The molecule has 0 atom stereocenters. The number of hydrogen-bond donors (Lipinski definition) is 4. The van der Waals surface area contributed by atoms with Gasteiger partial charge >= 0.3 is 6.03 Å². The minimum Gasteiger partial charge on any atom is -0.359 e. The Kier molecular flexibility index (Phi) is 5.37. The van der Waals surface area contributed by atoms with E-state index in [1.54, 1.807) is 24.3 Å². The van der Waals surface area contributed by atoms with Crippen molar-refractivity contribution in [3.63, 3.8) is 0 Å². The lowest BCUT2D eigenvalue weighted by Crippen LogP contribution is -2.19. The molecular formula is C21H20N4O2. The molecule has 2 aromatic carbocycles. The van der Waals surface area contributed by atoms with Gasteiger partial charge in [-0.3, -0.25) is 4.79 Å². The summed E-state index contributed by atoms with van der Waals surface area (Å²) < 4.78 is 0. The number of carbonyl (C=O) groups excluding carboxylic acids is 2. The lowest BCUT2D eigenvalue weighted by Gasteiger charge is -2.10. The summed E-state index contributed by atoms with van der Waals surface area (Å²) in [5.74, 6) is -0.287. The fourth-order valence-corrected chi connectivity index (χ4v) is 2.56. The van der Waals surface area contributed by atoms with E-state index in [4.69, 9.17) is 0 Å². The number of hydrogen-bond acceptors (Lipinski definition) is 3. The summed E-state index contributed by atoms with van der Waals surface area (Å²) >= 11 is 0. The van der Waals surface area contributed by atoms with Crippen molar-refractivity contribution in [1.29, 1.82) is 0 Å². The zero-order valence-corrected chi connectivity index (χ0v) is 14.7. The quantitative estimate of drug-likeness (QED) is 0.600. The molecule has 1 aliphatic rings. The summed E-state index contributed by atoms with van der Waals surface area (Å²) in [4.78, 5) is 23.4. The lowest BCUT2D eigenvalue weighted by atomic mass is 10.1. The van der Waals surface area contributed by atoms with Crippen LogP contribution in [0.2, 0.25) is 0 Å². The van der Waals surface area contributed by atoms with Crippen molar-refractivity contribution >= 4 is 34.7 Å². The number of allylic oxidation sites excluding steroid dienone is 1. The molecule has 4 N–H and O–H groups in total. The topological polar surface area (TPSA) is 82.3 Å². The van der Waals surface area contributed by atoms with E-state index in [-0.39, 0.29) is 11.9 Å². The molecular weight excluding hydrogens is 340 g/mol. The molecule has 27 heavy (non-hydrogen) atoms. The molecule has 2 aromatic rings. The SMILES string of the molecule is C=CC(=O)Nc1ccc(NC(=O)Nc2ccc(C3=CCC(=C)N3)cc2)cc1. The predicted octanol–water partition coefficient (Wildman–Crippen LogP) is 4.30. The maximum absolute atomic E-state index is 12.1. The Bertz CT molecular complexity index is 912. The van der Waals surface area contributed by atoms with E-state index in [0.29, 0.717) is 17.1 Å². The van der Waals surface area contributed by atoms with Gasteiger partial charge in [-0.1, -0.05) is 31.4 Å². The van der Waals surface area contributed by atoms with Gasteiger partial charge < -0.3 is 21.3 Å². The molecule has 0 radical (unpaired) electrons. The number of nitrogens with one attached hydrogen (secondary N) is 4. The Morgan fingerprint density at radius 1 is 0.889 bits per heavy atom. The first kappa shape index (κ1) is 18.0. The van der Waals surface area contributed by atoms with Gasteiger partial charge in [0.05, 0.1) is 0 Å². The zero-order valence-electron chi connectivity index (χ0n) is 14.7. The first-order valence-corrected chi connectivity index (χ1v) is 8.40. The number of benzene rings is 2. The highest BCUT2D eigenvalue weighted by molar-refractivity contribution is 6.01. The number of rotatable bonds is 5. The minimum absolute atomic E-state index is 0.287. The smallest absolute Gasteiger partial charge is 0.323 e. The van der Waals surface area contributed by atoms with Crippen molar-refractivity contribution in [1.82, 2.24) is 5.32 Å². The van der Waals surface area contributed by atoms with Crippen LogP contribution in [0.1, 0.15) is 12.0 Å². The van der Waals surface area contributed by atoms with Gasteiger partial charge in [0, 0.05) is 34.9 Å². The average molecular weight is 360 g/mol. The average Bonchev–Trinajstić information content (AvgIpc) is 3.10. The molecule has 6 nitrogen and oxygen atoms in total. The highest BCUT2D eigenvalue weighted by Gasteiger charge is 2.09. The summed E-state index contributed by atoms with van der Waals surface area (Å²) in [6, 6.07) is 14.0. The summed E-state index contributed by atoms with van der Waals surface area (Å²) in [6.45, 7) is 7.29. The maximum atomic E-state index is 12.1. The largest absolute Gasteiger partial charge is 0.359 e. The number of anilines is 3. The van der Waals surface area contributed by atoms with Crippen LogP contribution in [-0.4, -0.2) is 11.9 Å². The third-order valence-corrected chi connectivity index (χ3v) is 3.91. The molecule has 1 aliphatic heterocycles. The van der Waals surface area contributed by atoms with E-state index in [0.717, 1.165) is 23.4 Å². The van der Waals surface area contributed by atoms with Crippen LogP contribution < -0.4 is 21.3 Å². The Morgan fingerprint density at radius 3 is 1.89 bits per heavy atom. The summed E-state index contributed by atoms with van der Waals surface area (Å²) in [6.07, 6.45) is 4.10. The van der Waals surface area contributed by atoms with Crippen LogP contribution in [0.5, 0.6) is 0 Å². The first-order chi connectivity index (χ1) is 13.0. The summed E-state index contributed by atoms with van der Waals surface area (Å²) in [5, 5.41) is 11.4. The molecule has 0 aromatic heterocycles. The van der Waals surface area contributed by atoms with Crippen LogP contribution in [0.25, 0.3) is 5.70 Å². The van der Waals surface area contributed by atoms with Gasteiger partial charge in [0.15, 0.2) is 0 Å². The highest BCUT2D eigenvalue weighted by atomic mass is 16.2. The second kappa shape index (κ2) is 8.05. The van der Waals surface area contributed by atoms with E-state index in [2.05, 4.69) is 40.5 Å². The van der Waals surface area contributed by atoms with E-state index < -0.39 is 0 Å². The van der Waals surface area contributed by atoms with E-state index in [1.807, 2.05) is 24.3 Å². The van der Waals surface area contributed by atoms with Crippen LogP contribution >= 0.6 is 0 Å². The van der Waals surface area contributed by atoms with Crippen molar-refractivity contribution in [2.75, 3.05) is 16.0 Å². The normalized spacial score (nSPS) is 12.6. The third-order valence-electron chi connectivity index (χ3n) is 3.91. The first-order valence-electron chi connectivity index (χ1n) is 8.40. The molecule has 3 amide bonds. The molecule has 0 unspecified atom stereocenters. The summed E-state index contributed by atoms with van der Waals surface area (Å²) in [5.41, 5.74) is 4.96. The van der Waals surface area contributed by atoms with Crippen LogP contribution in [-0.2, 0) is 4.79 Å².